The van der Waals surface area contributed by atoms with Crippen molar-refractivity contribution in [3.05, 3.63) is 24.3 Å². The number of nitrogens with one attached hydrogen (secondary N) is 1. The van der Waals surface area contributed by atoms with Gasteiger partial charge in [-0.3, -0.25) is 0 Å². The van der Waals surface area contributed by atoms with E-state index < -0.39 is 15.6 Å². The van der Waals surface area contributed by atoms with Crippen molar-refractivity contribution in [2.45, 2.75) is 30.0 Å². The molecule has 0 aliphatic heterocycles. The highest BCUT2D eigenvalue weighted by Gasteiger charge is 2.26. The third kappa shape index (κ3) is 3.81. The molecule has 0 aliphatic carbocycles. The molecule has 1 unspecified atom stereocenters. The quantitative estimate of drug-likeness (QED) is 0.821. The van der Waals surface area contributed by atoms with Gasteiger partial charge in [-0.25, -0.2) is 8.42 Å². The Bertz CT molecular complexity index is 476. The Kier molecular flexibility index (Phi) is 5.34. The zero-order valence-electron chi connectivity index (χ0n) is 9.74. The van der Waals surface area contributed by atoms with Crippen LogP contribution in [0.1, 0.15) is 13.3 Å². The fourth-order valence-electron chi connectivity index (χ4n) is 1.36. The topological polar surface area (TPSA) is 46.2 Å². The molecule has 0 spiro atoms. The van der Waals surface area contributed by atoms with Gasteiger partial charge in [0.05, 0.1) is 4.90 Å². The molecule has 1 aromatic rings. The molecule has 0 fully saturated rings. The average Bonchev–Trinajstić information content (AvgIpc) is 2.29. The molecule has 7 heteroatoms. The predicted octanol–water partition coefficient (Wildman–Crippen LogP) is 3.11. The van der Waals surface area contributed by atoms with Crippen molar-refractivity contribution >= 4 is 27.1 Å². The van der Waals surface area contributed by atoms with Gasteiger partial charge in [0, 0.05) is 17.6 Å². The van der Waals surface area contributed by atoms with Gasteiger partial charge in [-0.2, -0.15) is 8.78 Å². The van der Waals surface area contributed by atoms with Crippen LogP contribution >= 0.6 is 11.6 Å². The van der Waals surface area contributed by atoms with Gasteiger partial charge in [0.1, 0.15) is 0 Å². The molecule has 0 saturated carbocycles. The molecule has 0 amide bonds. The third-order valence-corrected chi connectivity index (χ3v) is 3.99. The number of hydrogen-bond donors (Lipinski definition) is 1. The summed E-state index contributed by atoms with van der Waals surface area (Å²) in [5, 5.41) is 3.08. The van der Waals surface area contributed by atoms with Crippen LogP contribution in [-0.2, 0) is 9.84 Å². The number of rotatable bonds is 6. The minimum atomic E-state index is -4.51. The lowest BCUT2D eigenvalue weighted by molar-refractivity contribution is 0.234. The van der Waals surface area contributed by atoms with E-state index in [2.05, 4.69) is 5.32 Å². The van der Waals surface area contributed by atoms with Gasteiger partial charge >= 0.3 is 5.76 Å². The first-order valence-electron chi connectivity index (χ1n) is 5.32. The predicted molar refractivity (Wildman–Crippen MR) is 68.1 cm³/mol. The molecule has 1 atom stereocenters. The molecule has 0 radical (unpaired) electrons. The van der Waals surface area contributed by atoms with Crippen LogP contribution < -0.4 is 5.32 Å². The minimum absolute atomic E-state index is 0.125. The molecule has 0 heterocycles. The Labute approximate surface area is 110 Å². The fourth-order valence-corrected chi connectivity index (χ4v) is 2.41. The van der Waals surface area contributed by atoms with E-state index in [4.69, 9.17) is 11.6 Å². The summed E-state index contributed by atoms with van der Waals surface area (Å²) in [4.78, 5) is -0.381. The summed E-state index contributed by atoms with van der Waals surface area (Å²) in [7, 11) is -4.51. The van der Waals surface area contributed by atoms with E-state index >= 15 is 0 Å². The van der Waals surface area contributed by atoms with Crippen LogP contribution in [0.25, 0.3) is 0 Å². The second-order valence-electron chi connectivity index (χ2n) is 3.85. The minimum Gasteiger partial charge on any atom is -0.383 e. The van der Waals surface area contributed by atoms with E-state index in [9.17, 15) is 17.2 Å². The lowest BCUT2D eigenvalue weighted by atomic mass is 10.2. The van der Waals surface area contributed by atoms with Crippen molar-refractivity contribution in [3.8, 4) is 0 Å². The molecule has 18 heavy (non-hydrogen) atoms. The summed E-state index contributed by atoms with van der Waals surface area (Å²) < 4.78 is 46.9. The van der Waals surface area contributed by atoms with Crippen molar-refractivity contribution in [1.82, 2.24) is 0 Å². The summed E-state index contributed by atoms with van der Waals surface area (Å²) in [6.07, 6.45) is 0.749. The summed E-state index contributed by atoms with van der Waals surface area (Å²) in [5.41, 5.74) is 0.667. The van der Waals surface area contributed by atoms with Crippen LogP contribution in [0.15, 0.2) is 29.2 Å². The molecular weight excluding hydrogens is 284 g/mol. The number of halogens is 3. The van der Waals surface area contributed by atoms with Crippen LogP contribution in [-0.4, -0.2) is 26.1 Å². The lowest BCUT2D eigenvalue weighted by Crippen LogP contribution is -2.16. The van der Waals surface area contributed by atoms with Gasteiger partial charge in [-0.15, -0.1) is 11.6 Å². The van der Waals surface area contributed by atoms with E-state index in [0.29, 0.717) is 11.6 Å². The molecule has 0 saturated heterocycles. The molecule has 3 nitrogen and oxygen atoms in total. The van der Waals surface area contributed by atoms with Crippen LogP contribution in [0.2, 0.25) is 0 Å². The van der Waals surface area contributed by atoms with Gasteiger partial charge in [-0.05, 0) is 37.6 Å². The van der Waals surface area contributed by atoms with E-state index in [1.807, 2.05) is 6.92 Å². The summed E-state index contributed by atoms with van der Waals surface area (Å²) in [6, 6.07) is 5.37. The van der Waals surface area contributed by atoms with Gasteiger partial charge in [0.2, 0.25) is 9.84 Å². The standard InChI is InChI=1S/C11H14ClF2NO2S/c1-8(6-7-12)15-9-2-4-10(5-3-9)18(16,17)11(13)14/h2-5,8,11,15H,6-7H2,1H3. The molecule has 0 bridgehead atoms. The maximum Gasteiger partial charge on any atom is 0.341 e. The highest BCUT2D eigenvalue weighted by atomic mass is 35.5. The first-order chi connectivity index (χ1) is 8.37. The lowest BCUT2D eigenvalue weighted by Gasteiger charge is -2.14. The second kappa shape index (κ2) is 6.33. The number of alkyl halides is 3. The molecule has 102 valence electrons. The first-order valence-corrected chi connectivity index (χ1v) is 7.40. The van der Waals surface area contributed by atoms with Crippen molar-refractivity contribution in [1.29, 1.82) is 0 Å². The molecule has 1 N–H and O–H groups in total. The van der Waals surface area contributed by atoms with Crippen LogP contribution in [0.5, 0.6) is 0 Å². The van der Waals surface area contributed by atoms with Gasteiger partial charge in [-0.1, -0.05) is 0 Å². The number of hydrogen-bond acceptors (Lipinski definition) is 3. The van der Waals surface area contributed by atoms with Crippen molar-refractivity contribution in [2.24, 2.45) is 0 Å². The van der Waals surface area contributed by atoms with E-state index in [1.165, 1.54) is 12.1 Å². The SMILES string of the molecule is CC(CCCl)Nc1ccc(S(=O)(=O)C(F)F)cc1. The molecule has 1 rings (SSSR count). The molecular formula is C11H14ClF2NO2S. The zero-order chi connectivity index (χ0) is 13.8. The van der Waals surface area contributed by atoms with Gasteiger partial charge < -0.3 is 5.32 Å². The highest BCUT2D eigenvalue weighted by molar-refractivity contribution is 7.91. The number of sulfone groups is 1. The summed E-state index contributed by atoms with van der Waals surface area (Å²) >= 11 is 5.58. The van der Waals surface area contributed by atoms with Crippen molar-refractivity contribution in [2.75, 3.05) is 11.2 Å². The second-order valence-corrected chi connectivity index (χ2v) is 6.15. The molecule has 1 aromatic carbocycles. The highest BCUT2D eigenvalue weighted by Crippen LogP contribution is 2.20. The Morgan fingerprint density at radius 1 is 1.28 bits per heavy atom. The summed E-state index contributed by atoms with van der Waals surface area (Å²) in [6.45, 7) is 1.92. The normalized spacial score (nSPS) is 13.6. The maximum atomic E-state index is 12.3. The van der Waals surface area contributed by atoms with E-state index in [1.54, 1.807) is 0 Å². The molecule has 0 aromatic heterocycles. The average molecular weight is 298 g/mol. The van der Waals surface area contributed by atoms with Crippen molar-refractivity contribution < 1.29 is 17.2 Å². The van der Waals surface area contributed by atoms with E-state index in [-0.39, 0.29) is 10.9 Å². The number of benzene rings is 1. The zero-order valence-corrected chi connectivity index (χ0v) is 11.3. The van der Waals surface area contributed by atoms with Crippen LogP contribution in [0, 0.1) is 0 Å². The fraction of sp³-hybridized carbons (Fsp3) is 0.455. The molecule has 0 aliphatic rings. The smallest absolute Gasteiger partial charge is 0.341 e. The maximum absolute atomic E-state index is 12.3. The monoisotopic (exact) mass is 297 g/mol. The van der Waals surface area contributed by atoms with Gasteiger partial charge in [0.25, 0.3) is 0 Å². The van der Waals surface area contributed by atoms with Crippen LogP contribution in [0.4, 0.5) is 14.5 Å². The van der Waals surface area contributed by atoms with Crippen molar-refractivity contribution in [3.63, 3.8) is 0 Å². The largest absolute Gasteiger partial charge is 0.383 e. The van der Waals surface area contributed by atoms with Gasteiger partial charge in [0.15, 0.2) is 0 Å². The Balaban J connectivity index is 2.81. The Morgan fingerprint density at radius 2 is 1.83 bits per heavy atom. The Morgan fingerprint density at radius 3 is 2.28 bits per heavy atom. The number of anilines is 1. The van der Waals surface area contributed by atoms with E-state index in [0.717, 1.165) is 18.6 Å². The first kappa shape index (κ1) is 15.2. The Hall–Kier alpha value is -0.880. The summed E-state index contributed by atoms with van der Waals surface area (Å²) in [5.74, 6) is -2.89. The third-order valence-electron chi connectivity index (χ3n) is 2.37. The van der Waals surface area contributed by atoms with Crippen LogP contribution in [0.3, 0.4) is 0 Å².